The molecule has 0 saturated heterocycles. The Kier molecular flexibility index (Phi) is 2.90. The second-order valence-electron chi connectivity index (χ2n) is 1.45. The highest BCUT2D eigenvalue weighted by Crippen LogP contribution is 1.93. The van der Waals surface area contributed by atoms with Crippen molar-refractivity contribution in [2.45, 2.75) is 0 Å². The van der Waals surface area contributed by atoms with Crippen LogP contribution in [0.15, 0.2) is 24.3 Å². The van der Waals surface area contributed by atoms with Crippen molar-refractivity contribution >= 4 is 11.9 Å². The summed E-state index contributed by atoms with van der Waals surface area (Å²) in [5, 5.41) is 16.3. The van der Waals surface area contributed by atoms with Crippen LogP contribution in [0.3, 0.4) is 0 Å². The molecule has 2 N–H and O–H groups in total. The molecule has 0 aromatic heterocycles. The van der Waals surface area contributed by atoms with Crippen LogP contribution < -0.4 is 0 Å². The van der Waals surface area contributed by atoms with Crippen molar-refractivity contribution in [3.63, 3.8) is 0 Å². The molecule has 0 aliphatic rings. The number of rotatable bonds is 3. The molecule has 0 atom stereocenters. The van der Waals surface area contributed by atoms with Gasteiger partial charge in [-0.1, -0.05) is 12.7 Å². The van der Waals surface area contributed by atoms with E-state index in [9.17, 15) is 9.59 Å². The average Bonchev–Trinajstić information content (AvgIpc) is 1.81. The van der Waals surface area contributed by atoms with Gasteiger partial charge in [0.05, 0.1) is 5.57 Å². The zero-order chi connectivity index (χ0) is 8.15. The first-order valence-corrected chi connectivity index (χ1v) is 2.38. The van der Waals surface area contributed by atoms with E-state index >= 15 is 0 Å². The summed E-state index contributed by atoms with van der Waals surface area (Å²) in [6.45, 7) is 3.12. The predicted octanol–water partition coefficient (Wildman–Crippen LogP) is 0.268. The summed E-state index contributed by atoms with van der Waals surface area (Å²) in [7, 11) is 0. The van der Waals surface area contributed by atoms with E-state index in [4.69, 9.17) is 10.2 Å². The number of carbonyl (C=O) groups is 2. The average molecular weight is 142 g/mol. The molecule has 0 saturated carbocycles. The van der Waals surface area contributed by atoms with Gasteiger partial charge in [0.1, 0.15) is 0 Å². The molecule has 0 rings (SSSR count). The van der Waals surface area contributed by atoms with Gasteiger partial charge in [-0.05, 0) is 0 Å². The molecule has 0 aromatic carbocycles. The molecule has 0 aliphatic carbocycles. The summed E-state index contributed by atoms with van der Waals surface area (Å²) < 4.78 is 0. The van der Waals surface area contributed by atoms with Gasteiger partial charge in [0.25, 0.3) is 0 Å². The third-order valence-electron chi connectivity index (χ3n) is 0.746. The topological polar surface area (TPSA) is 74.6 Å². The molecule has 0 amide bonds. The third kappa shape index (κ3) is 2.66. The summed E-state index contributed by atoms with van der Waals surface area (Å²) in [6, 6.07) is 0. The van der Waals surface area contributed by atoms with E-state index in [1.807, 2.05) is 0 Å². The third-order valence-corrected chi connectivity index (χ3v) is 0.746. The highest BCUT2D eigenvalue weighted by atomic mass is 16.4. The molecule has 0 aliphatic heterocycles. The van der Waals surface area contributed by atoms with Gasteiger partial charge < -0.3 is 10.2 Å². The first kappa shape index (κ1) is 8.42. The van der Waals surface area contributed by atoms with Gasteiger partial charge in [-0.15, -0.1) is 0 Å². The summed E-state index contributed by atoms with van der Waals surface area (Å²) in [4.78, 5) is 19.9. The Hall–Kier alpha value is -1.58. The summed E-state index contributed by atoms with van der Waals surface area (Å²) in [6.07, 6.45) is 1.55. The molecule has 4 nitrogen and oxygen atoms in total. The lowest BCUT2D eigenvalue weighted by molar-refractivity contribution is -0.134. The van der Waals surface area contributed by atoms with Crippen LogP contribution in [0.1, 0.15) is 0 Å². The molecule has 0 heterocycles. The minimum Gasteiger partial charge on any atom is -0.478 e. The van der Waals surface area contributed by atoms with E-state index in [0.29, 0.717) is 6.08 Å². The molecular formula is C6H6O4. The molecule has 10 heavy (non-hydrogen) atoms. The smallest absolute Gasteiger partial charge is 0.335 e. The largest absolute Gasteiger partial charge is 0.478 e. The fourth-order valence-electron chi connectivity index (χ4n) is 0.341. The van der Waals surface area contributed by atoms with Crippen molar-refractivity contribution in [3.8, 4) is 0 Å². The van der Waals surface area contributed by atoms with Gasteiger partial charge in [-0.2, -0.15) is 0 Å². The number of aliphatic carboxylic acids is 2. The van der Waals surface area contributed by atoms with Crippen LogP contribution in [-0.4, -0.2) is 22.2 Å². The Labute approximate surface area is 57.1 Å². The van der Waals surface area contributed by atoms with Gasteiger partial charge >= 0.3 is 11.9 Å². The number of hydrogen-bond donors (Lipinski definition) is 2. The fourth-order valence-corrected chi connectivity index (χ4v) is 0.341. The van der Waals surface area contributed by atoms with E-state index in [2.05, 4.69) is 6.58 Å². The molecule has 54 valence electrons. The van der Waals surface area contributed by atoms with Crippen LogP contribution in [-0.2, 0) is 9.59 Å². The van der Waals surface area contributed by atoms with Crippen LogP contribution in [0.4, 0.5) is 0 Å². The highest BCUT2D eigenvalue weighted by molar-refractivity contribution is 5.96. The fraction of sp³-hybridized carbons (Fsp3) is 0. The van der Waals surface area contributed by atoms with E-state index < -0.39 is 11.9 Å². The molecule has 0 radical (unpaired) electrons. The first-order valence-electron chi connectivity index (χ1n) is 2.38. The minimum atomic E-state index is -1.29. The molecular weight excluding hydrogens is 136 g/mol. The van der Waals surface area contributed by atoms with Crippen molar-refractivity contribution in [2.24, 2.45) is 0 Å². The highest BCUT2D eigenvalue weighted by Gasteiger charge is 2.03. The lowest BCUT2D eigenvalue weighted by Crippen LogP contribution is -2.00. The maximum Gasteiger partial charge on any atom is 0.335 e. The van der Waals surface area contributed by atoms with Crippen molar-refractivity contribution in [1.29, 1.82) is 0 Å². The number of carboxylic acid groups (broad SMARTS) is 2. The van der Waals surface area contributed by atoms with E-state index in [-0.39, 0.29) is 5.57 Å². The maximum absolute atomic E-state index is 10.1. The molecule has 0 fully saturated rings. The van der Waals surface area contributed by atoms with Gasteiger partial charge in [0.2, 0.25) is 0 Å². The molecule has 4 heteroatoms. The normalized spacial score (nSPS) is 10.6. The van der Waals surface area contributed by atoms with Crippen LogP contribution in [0.2, 0.25) is 0 Å². The lowest BCUT2D eigenvalue weighted by atomic mass is 10.2. The van der Waals surface area contributed by atoms with Gasteiger partial charge in [0, 0.05) is 6.08 Å². The van der Waals surface area contributed by atoms with Crippen molar-refractivity contribution in [3.05, 3.63) is 24.3 Å². The Morgan fingerprint density at radius 3 is 1.90 bits per heavy atom. The van der Waals surface area contributed by atoms with E-state index in [1.165, 1.54) is 0 Å². The zero-order valence-corrected chi connectivity index (χ0v) is 5.07. The predicted molar refractivity (Wildman–Crippen MR) is 33.6 cm³/mol. The SMILES string of the molecule is C=CC(=CC(=O)O)C(=O)O. The van der Waals surface area contributed by atoms with Gasteiger partial charge in [-0.25, -0.2) is 9.59 Å². The Balaban J connectivity index is 4.49. The van der Waals surface area contributed by atoms with Crippen molar-refractivity contribution < 1.29 is 19.8 Å². The van der Waals surface area contributed by atoms with Crippen LogP contribution in [0.25, 0.3) is 0 Å². The lowest BCUT2D eigenvalue weighted by Gasteiger charge is -1.88. The van der Waals surface area contributed by atoms with Crippen molar-refractivity contribution in [1.82, 2.24) is 0 Å². The zero-order valence-electron chi connectivity index (χ0n) is 5.07. The number of carboxylic acids is 2. The monoisotopic (exact) mass is 142 g/mol. The first-order chi connectivity index (χ1) is 4.57. The molecule has 0 unspecified atom stereocenters. The summed E-state index contributed by atoms with van der Waals surface area (Å²) >= 11 is 0. The van der Waals surface area contributed by atoms with E-state index in [0.717, 1.165) is 6.08 Å². The molecule has 0 spiro atoms. The Morgan fingerprint density at radius 2 is 1.80 bits per heavy atom. The number of hydrogen-bond acceptors (Lipinski definition) is 2. The maximum atomic E-state index is 10.1. The Bertz CT molecular complexity index is 202. The van der Waals surface area contributed by atoms with Gasteiger partial charge in [0.15, 0.2) is 0 Å². The van der Waals surface area contributed by atoms with Crippen LogP contribution in [0, 0.1) is 0 Å². The van der Waals surface area contributed by atoms with Crippen molar-refractivity contribution in [2.75, 3.05) is 0 Å². The van der Waals surface area contributed by atoms with Crippen LogP contribution >= 0.6 is 0 Å². The molecule has 0 bridgehead atoms. The second-order valence-corrected chi connectivity index (χ2v) is 1.45. The van der Waals surface area contributed by atoms with E-state index in [1.54, 1.807) is 0 Å². The minimum absolute atomic E-state index is 0.326. The standard InChI is InChI=1S/C6H6O4/c1-2-4(6(9)10)3-5(7)8/h2-3H,1H2,(H,7,8)(H,9,10). The van der Waals surface area contributed by atoms with Crippen LogP contribution in [0.5, 0.6) is 0 Å². The summed E-state index contributed by atoms with van der Waals surface area (Å²) in [5.74, 6) is -2.59. The molecule has 0 aromatic rings. The van der Waals surface area contributed by atoms with Gasteiger partial charge in [-0.3, -0.25) is 0 Å². The summed E-state index contributed by atoms with van der Waals surface area (Å²) in [5.41, 5.74) is -0.326. The quantitative estimate of drug-likeness (QED) is 0.438. The second kappa shape index (κ2) is 3.45. The Morgan fingerprint density at radius 1 is 1.30 bits per heavy atom.